The molecule has 1 heterocycles. The second kappa shape index (κ2) is 4.70. The molecule has 0 aromatic carbocycles. The maximum atomic E-state index is 10.4. The normalized spacial score (nSPS) is 37.9. The van der Waals surface area contributed by atoms with Crippen LogP contribution >= 0.6 is 0 Å². The van der Waals surface area contributed by atoms with Crippen molar-refractivity contribution >= 4 is 10.3 Å². The van der Waals surface area contributed by atoms with E-state index in [4.69, 9.17) is 14.4 Å². The minimum atomic E-state index is -4.47. The van der Waals surface area contributed by atoms with Gasteiger partial charge >= 0.3 is 10.3 Å². The zero-order valence-corrected chi connectivity index (χ0v) is 8.46. The number of hydrogen-bond donors (Lipinski definition) is 5. The van der Waals surface area contributed by atoms with Crippen molar-refractivity contribution in [3.63, 3.8) is 0 Å². The highest BCUT2D eigenvalue weighted by Crippen LogP contribution is 2.15. The highest BCUT2D eigenvalue weighted by Gasteiger charge is 2.39. The lowest BCUT2D eigenvalue weighted by atomic mass is 9.99. The van der Waals surface area contributed by atoms with Crippen molar-refractivity contribution in [2.24, 2.45) is 0 Å². The van der Waals surface area contributed by atoms with Gasteiger partial charge in [-0.3, -0.25) is 4.55 Å². The molecule has 0 aliphatic carbocycles. The van der Waals surface area contributed by atoms with Gasteiger partial charge in [0.2, 0.25) is 0 Å². The average Bonchev–Trinajstić information content (AvgIpc) is 2.11. The lowest BCUT2D eigenvalue weighted by Gasteiger charge is -2.36. The fourth-order valence-corrected chi connectivity index (χ4v) is 1.93. The first-order chi connectivity index (χ1) is 6.85. The van der Waals surface area contributed by atoms with E-state index in [0.717, 1.165) is 0 Å². The second-order valence-corrected chi connectivity index (χ2v) is 4.42. The van der Waals surface area contributed by atoms with Crippen molar-refractivity contribution in [1.82, 2.24) is 4.72 Å². The standard InChI is InChI=1S/C6H13NO7S/c8-1-4-6(10)5(9)3(2-14-4)7-15(11,12)13/h3-10H,1-2H2,(H,11,12,13)/t3-,4-,5-,6-/m1/s1. The summed E-state index contributed by atoms with van der Waals surface area (Å²) in [5.74, 6) is 0. The van der Waals surface area contributed by atoms with Crippen LogP contribution in [0.1, 0.15) is 0 Å². The quantitative estimate of drug-likeness (QED) is 0.330. The molecule has 0 spiro atoms. The highest BCUT2D eigenvalue weighted by molar-refractivity contribution is 7.83. The molecule has 0 bridgehead atoms. The SMILES string of the molecule is O=S(=O)(O)N[C@@H]1CO[C@H](CO)[C@@H](O)[C@@H]1O. The van der Waals surface area contributed by atoms with Gasteiger partial charge in [-0.1, -0.05) is 0 Å². The van der Waals surface area contributed by atoms with Gasteiger partial charge in [0.25, 0.3) is 0 Å². The molecule has 1 saturated heterocycles. The summed E-state index contributed by atoms with van der Waals surface area (Å²) in [6.07, 6.45) is -3.82. The van der Waals surface area contributed by atoms with Gasteiger partial charge in [-0.25, -0.2) is 0 Å². The van der Waals surface area contributed by atoms with Crippen LogP contribution in [0.3, 0.4) is 0 Å². The van der Waals surface area contributed by atoms with E-state index in [2.05, 4.69) is 0 Å². The Morgan fingerprint density at radius 1 is 1.33 bits per heavy atom. The Morgan fingerprint density at radius 2 is 1.93 bits per heavy atom. The van der Waals surface area contributed by atoms with Crippen LogP contribution in [0, 0.1) is 0 Å². The maximum Gasteiger partial charge on any atom is 0.333 e. The minimum absolute atomic E-state index is 0.247. The molecule has 15 heavy (non-hydrogen) atoms. The van der Waals surface area contributed by atoms with E-state index in [9.17, 15) is 18.6 Å². The third-order valence-corrected chi connectivity index (χ3v) is 2.71. The van der Waals surface area contributed by atoms with Gasteiger partial charge < -0.3 is 20.1 Å². The summed E-state index contributed by atoms with van der Waals surface area (Å²) in [5.41, 5.74) is 0. The number of aliphatic hydroxyl groups is 3. The average molecular weight is 243 g/mol. The van der Waals surface area contributed by atoms with E-state index >= 15 is 0 Å². The lowest BCUT2D eigenvalue weighted by molar-refractivity contribution is -0.158. The summed E-state index contributed by atoms with van der Waals surface area (Å²) < 4.78 is 35.9. The Labute approximate surface area is 86.4 Å². The van der Waals surface area contributed by atoms with E-state index in [0.29, 0.717) is 0 Å². The second-order valence-electron chi connectivity index (χ2n) is 3.23. The van der Waals surface area contributed by atoms with Crippen LogP contribution in [0.2, 0.25) is 0 Å². The fraction of sp³-hybridized carbons (Fsp3) is 1.00. The summed E-state index contributed by atoms with van der Waals surface area (Å²) in [6.45, 7) is -0.736. The molecular formula is C6H13NO7S. The summed E-state index contributed by atoms with van der Waals surface area (Å²) in [7, 11) is -4.47. The van der Waals surface area contributed by atoms with Gasteiger partial charge in [0, 0.05) is 0 Å². The van der Waals surface area contributed by atoms with Gasteiger partial charge in [-0.2, -0.15) is 13.1 Å². The molecule has 0 amide bonds. The predicted molar refractivity (Wildman–Crippen MR) is 47.3 cm³/mol. The molecule has 8 nitrogen and oxygen atoms in total. The number of hydrogen-bond acceptors (Lipinski definition) is 6. The van der Waals surface area contributed by atoms with Crippen molar-refractivity contribution in [2.75, 3.05) is 13.2 Å². The van der Waals surface area contributed by atoms with Crippen LogP contribution in [-0.4, -0.2) is 65.9 Å². The van der Waals surface area contributed by atoms with Crippen molar-refractivity contribution in [3.05, 3.63) is 0 Å². The number of nitrogens with one attached hydrogen (secondary N) is 1. The molecule has 1 aliphatic rings. The van der Waals surface area contributed by atoms with Crippen LogP contribution in [0.4, 0.5) is 0 Å². The molecule has 0 unspecified atom stereocenters. The highest BCUT2D eigenvalue weighted by atomic mass is 32.2. The van der Waals surface area contributed by atoms with Crippen LogP contribution in [-0.2, 0) is 15.0 Å². The molecule has 1 aliphatic heterocycles. The van der Waals surface area contributed by atoms with Gasteiger partial charge in [-0.05, 0) is 0 Å². The van der Waals surface area contributed by atoms with Crippen LogP contribution in [0.5, 0.6) is 0 Å². The summed E-state index contributed by atoms with van der Waals surface area (Å²) in [6, 6.07) is -1.14. The van der Waals surface area contributed by atoms with E-state index in [-0.39, 0.29) is 6.61 Å². The molecule has 0 aromatic rings. The molecule has 4 atom stereocenters. The third kappa shape index (κ3) is 3.34. The molecule has 1 fully saturated rings. The first-order valence-corrected chi connectivity index (χ1v) is 5.62. The molecule has 0 aromatic heterocycles. The number of ether oxygens (including phenoxy) is 1. The van der Waals surface area contributed by atoms with E-state index in [1.165, 1.54) is 0 Å². The van der Waals surface area contributed by atoms with Crippen LogP contribution in [0.15, 0.2) is 0 Å². The van der Waals surface area contributed by atoms with Crippen molar-refractivity contribution in [1.29, 1.82) is 0 Å². The molecule has 1 rings (SSSR count). The first kappa shape index (κ1) is 12.8. The lowest BCUT2D eigenvalue weighted by Crippen LogP contribution is -2.59. The number of aliphatic hydroxyl groups excluding tert-OH is 3. The Hall–Kier alpha value is -0.290. The maximum absolute atomic E-state index is 10.4. The van der Waals surface area contributed by atoms with Crippen LogP contribution in [0.25, 0.3) is 0 Å². The number of rotatable bonds is 3. The zero-order chi connectivity index (χ0) is 11.6. The zero-order valence-electron chi connectivity index (χ0n) is 7.65. The summed E-state index contributed by atoms with van der Waals surface area (Å²) >= 11 is 0. The third-order valence-electron chi connectivity index (χ3n) is 2.11. The summed E-state index contributed by atoms with van der Waals surface area (Å²) in [4.78, 5) is 0. The monoisotopic (exact) mass is 243 g/mol. The predicted octanol–water partition coefficient (Wildman–Crippen LogP) is -3.14. The topological polar surface area (TPSA) is 136 Å². The Balaban J connectivity index is 2.64. The first-order valence-electron chi connectivity index (χ1n) is 4.18. The Bertz CT molecular complexity index is 305. The molecule has 90 valence electrons. The smallest absolute Gasteiger partial charge is 0.333 e. The van der Waals surface area contributed by atoms with Gasteiger partial charge in [-0.15, -0.1) is 0 Å². The largest absolute Gasteiger partial charge is 0.394 e. The van der Waals surface area contributed by atoms with Crippen molar-refractivity contribution in [3.8, 4) is 0 Å². The summed E-state index contributed by atoms with van der Waals surface area (Å²) in [5, 5.41) is 27.5. The Kier molecular flexibility index (Phi) is 4.00. The van der Waals surface area contributed by atoms with Gasteiger partial charge in [0.05, 0.1) is 19.3 Å². The molecule has 0 saturated carbocycles. The van der Waals surface area contributed by atoms with Gasteiger partial charge in [0.1, 0.15) is 18.3 Å². The molecule has 9 heteroatoms. The van der Waals surface area contributed by atoms with E-state index in [1.807, 2.05) is 0 Å². The Morgan fingerprint density at radius 3 is 2.40 bits per heavy atom. The minimum Gasteiger partial charge on any atom is -0.394 e. The fourth-order valence-electron chi connectivity index (χ4n) is 1.34. The van der Waals surface area contributed by atoms with Crippen molar-refractivity contribution in [2.45, 2.75) is 24.4 Å². The van der Waals surface area contributed by atoms with E-state index in [1.54, 1.807) is 4.72 Å². The van der Waals surface area contributed by atoms with Crippen LogP contribution < -0.4 is 4.72 Å². The van der Waals surface area contributed by atoms with Crippen molar-refractivity contribution < 1.29 is 33.0 Å². The molecular weight excluding hydrogens is 230 g/mol. The van der Waals surface area contributed by atoms with Gasteiger partial charge in [0.15, 0.2) is 0 Å². The molecule has 5 N–H and O–H groups in total. The van der Waals surface area contributed by atoms with E-state index < -0.39 is 41.3 Å². The molecule has 0 radical (unpaired) electrons.